The zero-order chi connectivity index (χ0) is 18.2. The minimum absolute atomic E-state index is 0.0141. The molecule has 1 amide bonds. The van der Waals surface area contributed by atoms with Crippen LogP contribution in [0.5, 0.6) is 0 Å². The van der Waals surface area contributed by atoms with Crippen molar-refractivity contribution in [2.45, 2.75) is 26.4 Å². The molecule has 0 aliphatic rings. The van der Waals surface area contributed by atoms with Gasteiger partial charge in [-0.25, -0.2) is 0 Å². The lowest BCUT2D eigenvalue weighted by atomic mass is 10.1. The molecule has 0 radical (unpaired) electrons. The number of nitrogens with one attached hydrogen (secondary N) is 1. The van der Waals surface area contributed by atoms with E-state index in [0.717, 1.165) is 23.4 Å². The smallest absolute Gasteiger partial charge is 0.418 e. The number of aryl methyl sites for hydroxylation is 2. The Kier molecular flexibility index (Phi) is 4.29. The van der Waals surface area contributed by atoms with Gasteiger partial charge in [0.15, 0.2) is 5.76 Å². The number of hydrogen-bond acceptors (Lipinski definition) is 2. The molecule has 3 aromatic rings. The van der Waals surface area contributed by atoms with Crippen molar-refractivity contribution < 1.29 is 22.4 Å². The van der Waals surface area contributed by atoms with Gasteiger partial charge in [0.1, 0.15) is 5.58 Å². The van der Waals surface area contributed by atoms with E-state index in [4.69, 9.17) is 4.42 Å². The minimum Gasteiger partial charge on any atom is -0.451 e. The maximum atomic E-state index is 13.1. The second-order valence-corrected chi connectivity index (χ2v) is 5.74. The van der Waals surface area contributed by atoms with Gasteiger partial charge in [0.25, 0.3) is 5.91 Å². The summed E-state index contributed by atoms with van der Waals surface area (Å²) < 4.78 is 44.7. The summed E-state index contributed by atoms with van der Waals surface area (Å²) in [5, 5.41) is 3.10. The molecule has 1 heterocycles. The zero-order valence-electron chi connectivity index (χ0n) is 13.7. The number of carbonyl (C=O) groups excluding carboxylic acids is 1. The van der Waals surface area contributed by atoms with Gasteiger partial charge in [-0.15, -0.1) is 0 Å². The van der Waals surface area contributed by atoms with Crippen LogP contribution in [-0.4, -0.2) is 5.91 Å². The Morgan fingerprint density at radius 2 is 1.88 bits per heavy atom. The van der Waals surface area contributed by atoms with Crippen molar-refractivity contribution in [2.24, 2.45) is 0 Å². The van der Waals surface area contributed by atoms with Crippen LogP contribution in [0, 0.1) is 6.92 Å². The van der Waals surface area contributed by atoms with Gasteiger partial charge in [0, 0.05) is 10.9 Å². The molecule has 0 spiro atoms. The highest BCUT2D eigenvalue weighted by molar-refractivity contribution is 6.06. The molecule has 0 saturated heterocycles. The Bertz CT molecular complexity index is 941. The quantitative estimate of drug-likeness (QED) is 0.672. The lowest BCUT2D eigenvalue weighted by Gasteiger charge is -2.12. The number of fused-ring (bicyclic) bond motifs is 1. The van der Waals surface area contributed by atoms with E-state index in [1.165, 1.54) is 18.2 Å². The Labute approximate surface area is 142 Å². The first-order valence-electron chi connectivity index (χ1n) is 7.81. The summed E-state index contributed by atoms with van der Waals surface area (Å²) in [5.41, 5.74) is 1.03. The Balaban J connectivity index is 1.98. The molecule has 1 aromatic heterocycles. The van der Waals surface area contributed by atoms with E-state index >= 15 is 0 Å². The van der Waals surface area contributed by atoms with Gasteiger partial charge in [-0.05, 0) is 43.2 Å². The van der Waals surface area contributed by atoms with Crippen LogP contribution in [0.15, 0.2) is 46.9 Å². The number of rotatable bonds is 3. The SMILES string of the molecule is CCc1ccc2oc(C(=O)Nc3ccccc3C(F)(F)F)c(C)c2c1. The molecule has 0 aliphatic carbocycles. The summed E-state index contributed by atoms with van der Waals surface area (Å²) in [7, 11) is 0. The number of furan rings is 1. The lowest BCUT2D eigenvalue weighted by molar-refractivity contribution is -0.136. The summed E-state index contributed by atoms with van der Waals surface area (Å²) >= 11 is 0. The van der Waals surface area contributed by atoms with E-state index in [9.17, 15) is 18.0 Å². The van der Waals surface area contributed by atoms with Gasteiger partial charge in [0.05, 0.1) is 11.3 Å². The van der Waals surface area contributed by atoms with Gasteiger partial charge in [0.2, 0.25) is 0 Å². The molecule has 0 atom stereocenters. The molecule has 6 heteroatoms. The molecular weight excluding hydrogens is 331 g/mol. The summed E-state index contributed by atoms with van der Waals surface area (Å²) in [6.45, 7) is 3.73. The number of carbonyl (C=O) groups is 1. The van der Waals surface area contributed by atoms with Crippen molar-refractivity contribution in [3.63, 3.8) is 0 Å². The van der Waals surface area contributed by atoms with Crippen molar-refractivity contribution in [1.82, 2.24) is 0 Å². The number of benzene rings is 2. The predicted octanol–water partition coefficient (Wildman–Crippen LogP) is 5.57. The first kappa shape index (κ1) is 17.1. The first-order chi connectivity index (χ1) is 11.8. The van der Waals surface area contributed by atoms with E-state index in [1.807, 2.05) is 19.1 Å². The maximum Gasteiger partial charge on any atom is 0.418 e. The second kappa shape index (κ2) is 6.27. The maximum absolute atomic E-state index is 13.1. The van der Waals surface area contributed by atoms with Crippen molar-refractivity contribution in [2.75, 3.05) is 5.32 Å². The van der Waals surface area contributed by atoms with Crippen molar-refractivity contribution in [3.8, 4) is 0 Å². The monoisotopic (exact) mass is 347 g/mol. The fourth-order valence-corrected chi connectivity index (χ4v) is 2.72. The Morgan fingerprint density at radius 1 is 1.16 bits per heavy atom. The molecule has 3 nitrogen and oxygen atoms in total. The zero-order valence-corrected chi connectivity index (χ0v) is 13.7. The predicted molar refractivity (Wildman–Crippen MR) is 89.7 cm³/mol. The Morgan fingerprint density at radius 3 is 2.56 bits per heavy atom. The Hall–Kier alpha value is -2.76. The van der Waals surface area contributed by atoms with Crippen LogP contribution in [0.25, 0.3) is 11.0 Å². The molecule has 1 N–H and O–H groups in total. The fourth-order valence-electron chi connectivity index (χ4n) is 2.72. The van der Waals surface area contributed by atoms with Gasteiger partial charge in [-0.1, -0.05) is 25.1 Å². The summed E-state index contributed by atoms with van der Waals surface area (Å²) in [6.07, 6.45) is -3.72. The third kappa shape index (κ3) is 3.24. The molecule has 0 unspecified atom stereocenters. The van der Waals surface area contributed by atoms with Gasteiger partial charge >= 0.3 is 6.18 Å². The number of amides is 1. The molecule has 0 fully saturated rings. The number of alkyl halides is 3. The van der Waals surface area contributed by atoms with E-state index in [2.05, 4.69) is 5.32 Å². The van der Waals surface area contributed by atoms with E-state index in [-0.39, 0.29) is 11.4 Å². The largest absolute Gasteiger partial charge is 0.451 e. The average molecular weight is 347 g/mol. The van der Waals surface area contributed by atoms with Crippen LogP contribution < -0.4 is 5.32 Å². The number of hydrogen-bond donors (Lipinski definition) is 1. The molecule has 25 heavy (non-hydrogen) atoms. The van der Waals surface area contributed by atoms with E-state index in [0.29, 0.717) is 11.1 Å². The number of anilines is 1. The van der Waals surface area contributed by atoms with E-state index < -0.39 is 17.6 Å². The molecule has 3 rings (SSSR count). The third-order valence-electron chi connectivity index (χ3n) is 4.10. The van der Waals surface area contributed by atoms with Crippen molar-refractivity contribution >= 4 is 22.6 Å². The summed E-state index contributed by atoms with van der Waals surface area (Å²) in [5.74, 6) is -0.691. The third-order valence-corrected chi connectivity index (χ3v) is 4.10. The number of para-hydroxylation sites is 1. The highest BCUT2D eigenvalue weighted by atomic mass is 19.4. The fraction of sp³-hybridized carbons (Fsp3) is 0.211. The van der Waals surface area contributed by atoms with Gasteiger partial charge in [-0.2, -0.15) is 13.2 Å². The average Bonchev–Trinajstić information content (AvgIpc) is 2.91. The molecule has 130 valence electrons. The lowest BCUT2D eigenvalue weighted by Crippen LogP contribution is -2.16. The molecule has 0 saturated carbocycles. The standard InChI is InChI=1S/C19H16F3NO2/c1-3-12-8-9-16-13(10-12)11(2)17(25-16)18(24)23-15-7-5-4-6-14(15)19(20,21)22/h4-10H,3H2,1-2H3,(H,23,24). The summed E-state index contributed by atoms with van der Waals surface area (Å²) in [4.78, 5) is 12.5. The molecule has 2 aromatic carbocycles. The van der Waals surface area contributed by atoms with Crippen LogP contribution in [0.2, 0.25) is 0 Å². The van der Waals surface area contributed by atoms with Gasteiger partial charge in [-0.3, -0.25) is 4.79 Å². The first-order valence-corrected chi connectivity index (χ1v) is 7.81. The van der Waals surface area contributed by atoms with Crippen LogP contribution in [-0.2, 0) is 12.6 Å². The molecular formula is C19H16F3NO2. The van der Waals surface area contributed by atoms with Crippen molar-refractivity contribution in [1.29, 1.82) is 0 Å². The highest BCUT2D eigenvalue weighted by Crippen LogP contribution is 2.35. The van der Waals surface area contributed by atoms with E-state index in [1.54, 1.807) is 13.0 Å². The molecule has 0 aliphatic heterocycles. The normalized spacial score (nSPS) is 11.7. The van der Waals surface area contributed by atoms with Gasteiger partial charge < -0.3 is 9.73 Å². The highest BCUT2D eigenvalue weighted by Gasteiger charge is 2.34. The van der Waals surface area contributed by atoms with Crippen LogP contribution >= 0.6 is 0 Å². The minimum atomic E-state index is -4.55. The van der Waals surface area contributed by atoms with Crippen LogP contribution in [0.1, 0.15) is 34.2 Å². The number of halogens is 3. The summed E-state index contributed by atoms with van der Waals surface area (Å²) in [6, 6.07) is 10.4. The van der Waals surface area contributed by atoms with Crippen molar-refractivity contribution in [3.05, 3.63) is 64.9 Å². The topological polar surface area (TPSA) is 42.2 Å². The van der Waals surface area contributed by atoms with Crippen LogP contribution in [0.4, 0.5) is 18.9 Å². The molecule has 0 bridgehead atoms. The van der Waals surface area contributed by atoms with Crippen LogP contribution in [0.3, 0.4) is 0 Å². The second-order valence-electron chi connectivity index (χ2n) is 5.74.